The smallest absolute Gasteiger partial charge is 0.247 e. The molecule has 0 saturated carbocycles. The maximum Gasteiger partial charge on any atom is 0.247 e. The van der Waals surface area contributed by atoms with Gasteiger partial charge in [-0.3, -0.25) is 9.59 Å². The first-order valence-electron chi connectivity index (χ1n) is 8.68. The van der Waals surface area contributed by atoms with Crippen molar-refractivity contribution in [2.75, 3.05) is 30.8 Å². The fraction of sp³-hybridized carbons (Fsp3) is 0.263. The van der Waals surface area contributed by atoms with Crippen LogP contribution in [0.25, 0.3) is 0 Å². The van der Waals surface area contributed by atoms with E-state index in [9.17, 15) is 22.4 Å². The second-order valence-electron chi connectivity index (χ2n) is 6.04. The standard InChI is InChI=1S/C19H22FN3O5S/c1-4-23(29(26,27)18-10-14(20)8-9-17(18)28-3)12-19(25)22-16-7-5-6-15(11-16)21-13(2)24/h5-11H,4,12H2,1-3H3,(H,21,24)(H,22,25). The molecule has 0 fully saturated rings. The fourth-order valence-electron chi connectivity index (χ4n) is 2.60. The number of sulfonamides is 1. The van der Waals surface area contributed by atoms with Gasteiger partial charge in [-0.15, -0.1) is 0 Å². The lowest BCUT2D eigenvalue weighted by molar-refractivity contribution is -0.116. The Labute approximate surface area is 168 Å². The van der Waals surface area contributed by atoms with Crippen molar-refractivity contribution in [3.05, 3.63) is 48.3 Å². The van der Waals surface area contributed by atoms with Crippen molar-refractivity contribution >= 4 is 33.2 Å². The maximum atomic E-state index is 13.6. The van der Waals surface area contributed by atoms with Crippen LogP contribution in [-0.2, 0) is 19.6 Å². The molecule has 0 unspecified atom stereocenters. The summed E-state index contributed by atoms with van der Waals surface area (Å²) in [4.78, 5) is 23.2. The number of benzene rings is 2. The Kier molecular flexibility index (Phi) is 7.29. The largest absolute Gasteiger partial charge is 0.495 e. The van der Waals surface area contributed by atoms with Crippen LogP contribution in [0.5, 0.6) is 5.75 Å². The molecule has 0 atom stereocenters. The highest BCUT2D eigenvalue weighted by molar-refractivity contribution is 7.89. The Hall–Kier alpha value is -2.98. The van der Waals surface area contributed by atoms with Gasteiger partial charge in [0.25, 0.3) is 0 Å². The van der Waals surface area contributed by atoms with Gasteiger partial charge in [-0.25, -0.2) is 12.8 Å². The molecule has 0 heterocycles. The molecular weight excluding hydrogens is 401 g/mol. The molecule has 10 heteroatoms. The molecule has 2 aromatic carbocycles. The lowest BCUT2D eigenvalue weighted by Gasteiger charge is -2.21. The van der Waals surface area contributed by atoms with E-state index in [4.69, 9.17) is 4.74 Å². The summed E-state index contributed by atoms with van der Waals surface area (Å²) in [7, 11) is -2.90. The number of nitrogens with zero attached hydrogens (tertiary/aromatic N) is 1. The van der Waals surface area contributed by atoms with E-state index in [1.54, 1.807) is 31.2 Å². The SMILES string of the molecule is CCN(CC(=O)Nc1cccc(NC(C)=O)c1)S(=O)(=O)c1cc(F)ccc1OC. The van der Waals surface area contributed by atoms with Gasteiger partial charge in [-0.2, -0.15) is 4.31 Å². The summed E-state index contributed by atoms with van der Waals surface area (Å²) in [6.45, 7) is 2.42. The molecule has 2 rings (SSSR count). The van der Waals surface area contributed by atoms with Gasteiger partial charge in [-0.05, 0) is 36.4 Å². The summed E-state index contributed by atoms with van der Waals surface area (Å²) in [5.74, 6) is -1.61. The highest BCUT2D eigenvalue weighted by Gasteiger charge is 2.29. The minimum Gasteiger partial charge on any atom is -0.495 e. The first kappa shape index (κ1) is 22.3. The van der Waals surface area contributed by atoms with Gasteiger partial charge in [0.2, 0.25) is 21.8 Å². The van der Waals surface area contributed by atoms with Gasteiger partial charge < -0.3 is 15.4 Å². The van der Waals surface area contributed by atoms with E-state index in [0.717, 1.165) is 16.4 Å². The van der Waals surface area contributed by atoms with Crippen LogP contribution in [0.3, 0.4) is 0 Å². The van der Waals surface area contributed by atoms with E-state index in [0.29, 0.717) is 11.4 Å². The highest BCUT2D eigenvalue weighted by Crippen LogP contribution is 2.27. The van der Waals surface area contributed by atoms with Gasteiger partial charge in [-0.1, -0.05) is 13.0 Å². The Balaban J connectivity index is 2.20. The topological polar surface area (TPSA) is 105 Å². The number of anilines is 2. The summed E-state index contributed by atoms with van der Waals surface area (Å²) in [5, 5.41) is 5.17. The summed E-state index contributed by atoms with van der Waals surface area (Å²) < 4.78 is 45.4. The van der Waals surface area contributed by atoms with Crippen molar-refractivity contribution in [1.29, 1.82) is 0 Å². The third-order valence-corrected chi connectivity index (χ3v) is 5.82. The lowest BCUT2D eigenvalue weighted by atomic mass is 10.2. The number of halogens is 1. The lowest BCUT2D eigenvalue weighted by Crippen LogP contribution is -2.38. The van der Waals surface area contributed by atoms with E-state index in [-0.39, 0.29) is 23.1 Å². The van der Waals surface area contributed by atoms with Gasteiger partial charge in [0.1, 0.15) is 16.5 Å². The third kappa shape index (κ3) is 5.75. The second kappa shape index (κ2) is 9.48. The van der Waals surface area contributed by atoms with Crippen LogP contribution in [0.1, 0.15) is 13.8 Å². The van der Waals surface area contributed by atoms with Crippen LogP contribution in [0.15, 0.2) is 47.4 Å². The molecule has 8 nitrogen and oxygen atoms in total. The Morgan fingerprint density at radius 2 is 1.76 bits per heavy atom. The number of hydrogen-bond acceptors (Lipinski definition) is 5. The molecule has 156 valence electrons. The number of carbonyl (C=O) groups excluding carboxylic acids is 2. The Morgan fingerprint density at radius 3 is 2.34 bits per heavy atom. The van der Waals surface area contributed by atoms with E-state index >= 15 is 0 Å². The summed E-state index contributed by atoms with van der Waals surface area (Å²) >= 11 is 0. The van der Waals surface area contributed by atoms with Crippen molar-refractivity contribution in [2.45, 2.75) is 18.7 Å². The number of nitrogens with one attached hydrogen (secondary N) is 2. The van der Waals surface area contributed by atoms with Gasteiger partial charge in [0.05, 0.1) is 13.7 Å². The fourth-order valence-corrected chi connectivity index (χ4v) is 4.17. The number of hydrogen-bond donors (Lipinski definition) is 2. The number of likely N-dealkylation sites (N-methyl/N-ethyl adjacent to an activating group) is 1. The molecule has 2 amide bonds. The van der Waals surface area contributed by atoms with Crippen LogP contribution in [0.2, 0.25) is 0 Å². The first-order valence-corrected chi connectivity index (χ1v) is 10.1. The van der Waals surface area contributed by atoms with Crippen LogP contribution < -0.4 is 15.4 Å². The Bertz CT molecular complexity index is 1010. The predicted molar refractivity (Wildman–Crippen MR) is 107 cm³/mol. The molecule has 0 spiro atoms. The van der Waals surface area contributed by atoms with Crippen molar-refractivity contribution in [3.63, 3.8) is 0 Å². The van der Waals surface area contributed by atoms with Crippen molar-refractivity contribution in [1.82, 2.24) is 4.31 Å². The van der Waals surface area contributed by atoms with E-state index in [2.05, 4.69) is 10.6 Å². The van der Waals surface area contributed by atoms with Crippen LogP contribution >= 0.6 is 0 Å². The minimum atomic E-state index is -4.18. The second-order valence-corrected chi connectivity index (χ2v) is 7.94. The zero-order valence-electron chi connectivity index (χ0n) is 16.2. The molecule has 0 aliphatic rings. The molecule has 0 radical (unpaired) electrons. The molecule has 2 aromatic rings. The molecule has 0 aliphatic heterocycles. The predicted octanol–water partition coefficient (Wildman–Crippen LogP) is 2.44. The van der Waals surface area contributed by atoms with Gasteiger partial charge >= 0.3 is 0 Å². The van der Waals surface area contributed by atoms with Gasteiger partial charge in [0.15, 0.2) is 0 Å². The Morgan fingerprint density at radius 1 is 1.10 bits per heavy atom. The highest BCUT2D eigenvalue weighted by atomic mass is 32.2. The zero-order valence-corrected chi connectivity index (χ0v) is 17.0. The molecule has 29 heavy (non-hydrogen) atoms. The number of carbonyl (C=O) groups is 2. The zero-order chi connectivity index (χ0) is 21.6. The molecule has 0 aromatic heterocycles. The molecule has 2 N–H and O–H groups in total. The summed E-state index contributed by atoms with van der Waals surface area (Å²) in [6.07, 6.45) is 0. The van der Waals surface area contributed by atoms with Crippen LogP contribution in [-0.4, -0.2) is 44.7 Å². The van der Waals surface area contributed by atoms with Crippen molar-refractivity contribution < 1.29 is 27.1 Å². The number of rotatable bonds is 8. The molecule has 0 saturated heterocycles. The molecule has 0 aliphatic carbocycles. The summed E-state index contributed by atoms with van der Waals surface area (Å²) in [5.41, 5.74) is 0.873. The third-order valence-electron chi connectivity index (χ3n) is 3.88. The van der Waals surface area contributed by atoms with Crippen LogP contribution in [0, 0.1) is 5.82 Å². The monoisotopic (exact) mass is 423 g/mol. The van der Waals surface area contributed by atoms with Crippen molar-refractivity contribution in [3.8, 4) is 5.75 Å². The van der Waals surface area contributed by atoms with Crippen LogP contribution in [0.4, 0.5) is 15.8 Å². The average molecular weight is 423 g/mol. The van der Waals surface area contributed by atoms with Gasteiger partial charge in [0, 0.05) is 24.8 Å². The number of ether oxygens (including phenoxy) is 1. The molecular formula is C19H22FN3O5S. The summed E-state index contributed by atoms with van der Waals surface area (Å²) in [6, 6.07) is 9.57. The van der Waals surface area contributed by atoms with Crippen molar-refractivity contribution in [2.24, 2.45) is 0 Å². The van der Waals surface area contributed by atoms with E-state index < -0.39 is 28.3 Å². The quantitative estimate of drug-likeness (QED) is 0.679. The number of amides is 2. The minimum absolute atomic E-state index is 0.0125. The first-order chi connectivity index (χ1) is 13.7. The van der Waals surface area contributed by atoms with E-state index in [1.807, 2.05) is 0 Å². The van der Waals surface area contributed by atoms with E-state index in [1.165, 1.54) is 20.1 Å². The number of methoxy groups -OCH3 is 1. The molecule has 0 bridgehead atoms. The normalized spacial score (nSPS) is 11.2. The maximum absolute atomic E-state index is 13.6. The average Bonchev–Trinajstić information content (AvgIpc) is 2.65.